The Hall–Kier alpha value is -2.65. The molecule has 1 heterocycles. The summed E-state index contributed by atoms with van der Waals surface area (Å²) in [7, 11) is 0. The predicted octanol–water partition coefficient (Wildman–Crippen LogP) is -0.103. The molecule has 0 aliphatic heterocycles. The SMILES string of the molecule is CCNc1ncnc(NCCNC(N)=O)c1[N+](=O)[O-]. The van der Waals surface area contributed by atoms with Crippen LogP contribution in [0.1, 0.15) is 6.92 Å². The fourth-order valence-electron chi connectivity index (χ4n) is 1.34. The zero-order valence-corrected chi connectivity index (χ0v) is 10.3. The highest BCUT2D eigenvalue weighted by atomic mass is 16.6. The number of anilines is 2. The van der Waals surface area contributed by atoms with Crippen molar-refractivity contribution >= 4 is 23.4 Å². The molecule has 0 aliphatic carbocycles. The third-order valence-corrected chi connectivity index (χ3v) is 2.07. The molecule has 10 heteroatoms. The van der Waals surface area contributed by atoms with Gasteiger partial charge >= 0.3 is 11.7 Å². The van der Waals surface area contributed by atoms with Gasteiger partial charge in [0.15, 0.2) is 0 Å². The van der Waals surface area contributed by atoms with Crippen LogP contribution in [-0.4, -0.2) is 40.6 Å². The molecule has 1 aromatic rings. The van der Waals surface area contributed by atoms with Gasteiger partial charge in [-0.05, 0) is 6.92 Å². The summed E-state index contributed by atoms with van der Waals surface area (Å²) in [5, 5.41) is 18.9. The molecule has 0 aromatic carbocycles. The third kappa shape index (κ3) is 4.26. The summed E-state index contributed by atoms with van der Waals surface area (Å²) in [6.45, 7) is 2.79. The van der Waals surface area contributed by atoms with Crippen molar-refractivity contribution in [1.82, 2.24) is 15.3 Å². The van der Waals surface area contributed by atoms with Crippen molar-refractivity contribution in [2.24, 2.45) is 5.73 Å². The van der Waals surface area contributed by atoms with Crippen LogP contribution in [0.15, 0.2) is 6.33 Å². The van der Waals surface area contributed by atoms with E-state index >= 15 is 0 Å². The molecule has 0 saturated carbocycles. The summed E-state index contributed by atoms with van der Waals surface area (Å²) in [6, 6.07) is -0.660. The summed E-state index contributed by atoms with van der Waals surface area (Å²) in [4.78, 5) is 28.5. The van der Waals surface area contributed by atoms with Gasteiger partial charge in [-0.15, -0.1) is 0 Å². The topological polar surface area (TPSA) is 148 Å². The molecule has 104 valence electrons. The first kappa shape index (κ1) is 14.4. The number of nitrogens with one attached hydrogen (secondary N) is 3. The van der Waals surface area contributed by atoms with Crippen LogP contribution in [0, 0.1) is 10.1 Å². The quantitative estimate of drug-likeness (QED) is 0.306. The zero-order chi connectivity index (χ0) is 14.3. The maximum absolute atomic E-state index is 11.0. The molecule has 2 amide bonds. The van der Waals surface area contributed by atoms with Crippen LogP contribution in [0.5, 0.6) is 0 Å². The minimum Gasteiger partial charge on any atom is -0.364 e. The standard InChI is InChI=1S/C9H15N7O3/c1-2-11-7-6(16(18)19)8(15-5-14-7)12-3-4-13-9(10)17/h5H,2-4H2,1H3,(H3,10,13,17)(H2,11,12,14,15). The molecule has 0 radical (unpaired) electrons. The van der Waals surface area contributed by atoms with Crippen LogP contribution >= 0.6 is 0 Å². The number of aromatic nitrogens is 2. The molecule has 10 nitrogen and oxygen atoms in total. The predicted molar refractivity (Wildman–Crippen MR) is 68.9 cm³/mol. The van der Waals surface area contributed by atoms with E-state index in [-0.39, 0.29) is 30.4 Å². The van der Waals surface area contributed by atoms with Crippen LogP contribution in [0.2, 0.25) is 0 Å². The fraction of sp³-hybridized carbons (Fsp3) is 0.444. The zero-order valence-electron chi connectivity index (χ0n) is 10.3. The molecule has 0 saturated heterocycles. The number of primary amides is 1. The van der Waals surface area contributed by atoms with Gasteiger partial charge in [-0.3, -0.25) is 10.1 Å². The highest BCUT2D eigenvalue weighted by Gasteiger charge is 2.21. The second-order valence-electron chi connectivity index (χ2n) is 3.42. The number of hydrogen-bond donors (Lipinski definition) is 4. The molecule has 19 heavy (non-hydrogen) atoms. The van der Waals surface area contributed by atoms with Crippen molar-refractivity contribution in [1.29, 1.82) is 0 Å². The van der Waals surface area contributed by atoms with Crippen LogP contribution in [0.25, 0.3) is 0 Å². The lowest BCUT2D eigenvalue weighted by Crippen LogP contribution is -2.33. The molecule has 1 rings (SSSR count). The van der Waals surface area contributed by atoms with Gasteiger partial charge in [0.2, 0.25) is 11.6 Å². The Labute approximate surface area is 108 Å². The van der Waals surface area contributed by atoms with Crippen LogP contribution in [0.4, 0.5) is 22.1 Å². The van der Waals surface area contributed by atoms with Crippen molar-refractivity contribution in [2.45, 2.75) is 6.92 Å². The lowest BCUT2D eigenvalue weighted by atomic mass is 10.4. The van der Waals surface area contributed by atoms with Crippen molar-refractivity contribution in [2.75, 3.05) is 30.3 Å². The first-order valence-corrected chi connectivity index (χ1v) is 5.56. The number of nitrogens with two attached hydrogens (primary N) is 1. The van der Waals surface area contributed by atoms with Gasteiger partial charge in [-0.1, -0.05) is 0 Å². The van der Waals surface area contributed by atoms with E-state index in [2.05, 4.69) is 25.9 Å². The number of carbonyl (C=O) groups excluding carboxylic acids is 1. The smallest absolute Gasteiger partial charge is 0.353 e. The number of amides is 2. The third-order valence-electron chi connectivity index (χ3n) is 2.07. The summed E-state index contributed by atoms with van der Waals surface area (Å²) >= 11 is 0. The molecule has 0 bridgehead atoms. The minimum atomic E-state index is -0.660. The Balaban J connectivity index is 2.78. The highest BCUT2D eigenvalue weighted by molar-refractivity contribution is 5.72. The normalized spacial score (nSPS) is 9.74. The molecule has 1 aromatic heterocycles. The van der Waals surface area contributed by atoms with Crippen molar-refractivity contribution in [3.05, 3.63) is 16.4 Å². The second kappa shape index (κ2) is 6.93. The van der Waals surface area contributed by atoms with E-state index in [1.807, 2.05) is 0 Å². The average molecular weight is 269 g/mol. The number of rotatable bonds is 7. The summed E-state index contributed by atoms with van der Waals surface area (Å²) in [6.07, 6.45) is 1.22. The molecule has 0 atom stereocenters. The Morgan fingerprint density at radius 2 is 2.00 bits per heavy atom. The van der Waals surface area contributed by atoms with E-state index < -0.39 is 11.0 Å². The van der Waals surface area contributed by atoms with E-state index in [1.54, 1.807) is 6.92 Å². The molecular formula is C9H15N7O3. The lowest BCUT2D eigenvalue weighted by molar-refractivity contribution is -0.383. The summed E-state index contributed by atoms with van der Waals surface area (Å²) in [5.74, 6) is 0.232. The minimum absolute atomic E-state index is 0.0854. The van der Waals surface area contributed by atoms with Gasteiger partial charge < -0.3 is 21.7 Å². The van der Waals surface area contributed by atoms with E-state index in [1.165, 1.54) is 6.33 Å². The number of nitro groups is 1. The Kier molecular flexibility index (Phi) is 5.26. The average Bonchev–Trinajstić information content (AvgIpc) is 2.34. The lowest BCUT2D eigenvalue weighted by Gasteiger charge is -2.09. The monoisotopic (exact) mass is 269 g/mol. The van der Waals surface area contributed by atoms with Crippen LogP contribution in [0.3, 0.4) is 0 Å². The molecule has 0 fully saturated rings. The van der Waals surface area contributed by atoms with Crippen molar-refractivity contribution < 1.29 is 9.72 Å². The van der Waals surface area contributed by atoms with Crippen LogP contribution < -0.4 is 21.7 Å². The van der Waals surface area contributed by atoms with Crippen LogP contribution in [-0.2, 0) is 0 Å². The second-order valence-corrected chi connectivity index (χ2v) is 3.42. The van der Waals surface area contributed by atoms with Gasteiger partial charge in [0, 0.05) is 19.6 Å². The van der Waals surface area contributed by atoms with E-state index in [0.29, 0.717) is 6.54 Å². The highest BCUT2D eigenvalue weighted by Crippen LogP contribution is 2.28. The molecule has 0 aliphatic rings. The maximum Gasteiger partial charge on any atom is 0.353 e. The summed E-state index contributed by atoms with van der Waals surface area (Å²) in [5.41, 5.74) is 4.66. The number of carbonyl (C=O) groups is 1. The van der Waals surface area contributed by atoms with E-state index in [0.717, 1.165) is 0 Å². The van der Waals surface area contributed by atoms with Gasteiger partial charge in [0.1, 0.15) is 6.33 Å². The van der Waals surface area contributed by atoms with Gasteiger partial charge in [0.25, 0.3) is 0 Å². The first-order valence-electron chi connectivity index (χ1n) is 5.56. The number of hydrogen-bond acceptors (Lipinski definition) is 7. The molecular weight excluding hydrogens is 254 g/mol. The van der Waals surface area contributed by atoms with Crippen molar-refractivity contribution in [3.8, 4) is 0 Å². The Morgan fingerprint density at radius 1 is 1.37 bits per heavy atom. The van der Waals surface area contributed by atoms with E-state index in [4.69, 9.17) is 5.73 Å². The maximum atomic E-state index is 11.0. The summed E-state index contributed by atoms with van der Waals surface area (Å²) < 4.78 is 0. The molecule has 5 N–H and O–H groups in total. The van der Waals surface area contributed by atoms with Gasteiger partial charge in [0.05, 0.1) is 4.92 Å². The van der Waals surface area contributed by atoms with Crippen molar-refractivity contribution in [3.63, 3.8) is 0 Å². The largest absolute Gasteiger partial charge is 0.364 e. The fourth-order valence-corrected chi connectivity index (χ4v) is 1.34. The van der Waals surface area contributed by atoms with Gasteiger partial charge in [-0.2, -0.15) is 0 Å². The van der Waals surface area contributed by atoms with Gasteiger partial charge in [-0.25, -0.2) is 14.8 Å². The molecule has 0 spiro atoms. The first-order chi connectivity index (χ1) is 9.06. The number of nitrogens with zero attached hydrogens (tertiary/aromatic N) is 3. The molecule has 0 unspecified atom stereocenters. The van der Waals surface area contributed by atoms with E-state index in [9.17, 15) is 14.9 Å². The Morgan fingerprint density at radius 3 is 2.53 bits per heavy atom. The number of urea groups is 1. The Bertz CT molecular complexity index is 465.